The molecule has 1 unspecified atom stereocenters. The number of benzene rings is 1. The zero-order valence-corrected chi connectivity index (χ0v) is 14.2. The van der Waals surface area contributed by atoms with Crippen LogP contribution in [0.1, 0.15) is 23.5 Å². The molecule has 2 amide bonds. The number of aromatic amines is 1. The summed E-state index contributed by atoms with van der Waals surface area (Å²) < 4.78 is 0. The molecule has 0 saturated carbocycles. The third kappa shape index (κ3) is 3.46. The Morgan fingerprint density at radius 3 is 2.79 bits per heavy atom. The molecule has 1 aromatic carbocycles. The number of nitrogens with one attached hydrogen (secondary N) is 3. The summed E-state index contributed by atoms with van der Waals surface area (Å²) >= 11 is 1.35. The average molecular weight is 342 g/mol. The van der Waals surface area contributed by atoms with E-state index in [4.69, 9.17) is 0 Å². The van der Waals surface area contributed by atoms with Gasteiger partial charge in [0, 0.05) is 11.1 Å². The van der Waals surface area contributed by atoms with Gasteiger partial charge in [-0.1, -0.05) is 19.9 Å². The minimum atomic E-state index is -0.611. The van der Waals surface area contributed by atoms with Gasteiger partial charge in [0.1, 0.15) is 6.04 Å². The predicted molar refractivity (Wildman–Crippen MR) is 95.1 cm³/mol. The third-order valence-electron chi connectivity index (χ3n) is 3.69. The Labute approximate surface area is 143 Å². The second-order valence-electron chi connectivity index (χ2n) is 5.83. The molecule has 0 spiro atoms. The monoisotopic (exact) mass is 342 g/mol. The molecule has 3 N–H and O–H groups in total. The van der Waals surface area contributed by atoms with Crippen molar-refractivity contribution in [2.45, 2.75) is 19.9 Å². The Hall–Kier alpha value is -2.67. The molecule has 6 nitrogen and oxygen atoms in total. The highest BCUT2D eigenvalue weighted by Crippen LogP contribution is 2.18. The van der Waals surface area contributed by atoms with Crippen molar-refractivity contribution in [2.24, 2.45) is 5.92 Å². The molecule has 2 aromatic heterocycles. The van der Waals surface area contributed by atoms with Gasteiger partial charge in [-0.15, -0.1) is 11.3 Å². The van der Waals surface area contributed by atoms with E-state index in [-0.39, 0.29) is 17.7 Å². The van der Waals surface area contributed by atoms with Crippen molar-refractivity contribution in [1.29, 1.82) is 0 Å². The van der Waals surface area contributed by atoms with Crippen LogP contribution >= 0.6 is 11.3 Å². The van der Waals surface area contributed by atoms with Gasteiger partial charge in [0.05, 0.1) is 16.6 Å². The van der Waals surface area contributed by atoms with Crippen LogP contribution in [0, 0.1) is 5.92 Å². The highest BCUT2D eigenvalue weighted by molar-refractivity contribution is 7.12. The molecular weight excluding hydrogens is 324 g/mol. The maximum atomic E-state index is 12.6. The Balaban J connectivity index is 1.73. The minimum Gasteiger partial charge on any atom is -0.339 e. The van der Waals surface area contributed by atoms with Crippen LogP contribution in [-0.2, 0) is 4.79 Å². The third-order valence-corrected chi connectivity index (χ3v) is 4.56. The van der Waals surface area contributed by atoms with Crippen LogP contribution in [0.25, 0.3) is 10.9 Å². The zero-order chi connectivity index (χ0) is 17.1. The maximum absolute atomic E-state index is 12.6. The van der Waals surface area contributed by atoms with Gasteiger partial charge < -0.3 is 10.6 Å². The molecule has 2 heterocycles. The number of H-pyrrole nitrogens is 1. The van der Waals surface area contributed by atoms with Gasteiger partial charge in [-0.2, -0.15) is 5.10 Å². The lowest BCUT2D eigenvalue weighted by Crippen LogP contribution is -2.46. The Kier molecular flexibility index (Phi) is 4.61. The number of anilines is 1. The topological polar surface area (TPSA) is 86.9 Å². The van der Waals surface area contributed by atoms with Crippen LogP contribution in [0.3, 0.4) is 0 Å². The van der Waals surface area contributed by atoms with Gasteiger partial charge in [-0.25, -0.2) is 0 Å². The first-order valence-electron chi connectivity index (χ1n) is 7.63. The van der Waals surface area contributed by atoms with Gasteiger partial charge in [0.15, 0.2) is 0 Å². The van der Waals surface area contributed by atoms with Crippen molar-refractivity contribution in [3.8, 4) is 0 Å². The van der Waals surface area contributed by atoms with Gasteiger partial charge in [0.25, 0.3) is 5.91 Å². The Morgan fingerprint density at radius 2 is 2.08 bits per heavy atom. The number of carbonyl (C=O) groups excluding carboxylic acids is 2. The number of carbonyl (C=O) groups is 2. The number of aromatic nitrogens is 2. The summed E-state index contributed by atoms with van der Waals surface area (Å²) in [6, 6.07) is 8.44. The molecule has 0 saturated heterocycles. The SMILES string of the molecule is CC(C)C(NC(=O)c1cccs1)C(=O)Nc1ccc2[nH]ncc2c1. The fraction of sp³-hybridized carbons (Fsp3) is 0.235. The molecular formula is C17H18N4O2S. The number of hydrogen-bond acceptors (Lipinski definition) is 4. The fourth-order valence-electron chi connectivity index (χ4n) is 2.40. The Morgan fingerprint density at radius 1 is 1.25 bits per heavy atom. The second kappa shape index (κ2) is 6.84. The summed E-state index contributed by atoms with van der Waals surface area (Å²) in [5.74, 6) is -0.506. The van der Waals surface area contributed by atoms with E-state index in [9.17, 15) is 9.59 Å². The molecule has 0 aliphatic rings. The second-order valence-corrected chi connectivity index (χ2v) is 6.78. The zero-order valence-electron chi connectivity index (χ0n) is 13.4. The first kappa shape index (κ1) is 16.2. The summed E-state index contributed by atoms with van der Waals surface area (Å²) in [6.07, 6.45) is 1.70. The molecule has 0 bridgehead atoms. The van der Waals surface area contributed by atoms with E-state index >= 15 is 0 Å². The van der Waals surface area contributed by atoms with Gasteiger partial charge in [-0.05, 0) is 35.6 Å². The molecule has 0 fully saturated rings. The number of nitrogens with zero attached hydrogens (tertiary/aromatic N) is 1. The van der Waals surface area contributed by atoms with E-state index in [1.807, 2.05) is 37.4 Å². The fourth-order valence-corrected chi connectivity index (χ4v) is 3.02. The summed E-state index contributed by atoms with van der Waals surface area (Å²) in [7, 11) is 0. The van der Waals surface area contributed by atoms with Crippen molar-refractivity contribution in [3.63, 3.8) is 0 Å². The van der Waals surface area contributed by atoms with Gasteiger partial charge in [-0.3, -0.25) is 14.7 Å². The molecule has 0 aliphatic heterocycles. The number of thiophene rings is 1. The summed E-state index contributed by atoms with van der Waals surface area (Å²) in [5, 5.41) is 15.2. The lowest BCUT2D eigenvalue weighted by atomic mass is 10.0. The van der Waals surface area contributed by atoms with Crippen molar-refractivity contribution < 1.29 is 9.59 Å². The summed E-state index contributed by atoms with van der Waals surface area (Å²) in [4.78, 5) is 25.4. The highest BCUT2D eigenvalue weighted by Gasteiger charge is 2.25. The first-order chi connectivity index (χ1) is 11.5. The first-order valence-corrected chi connectivity index (χ1v) is 8.51. The molecule has 3 rings (SSSR count). The normalized spacial score (nSPS) is 12.3. The molecule has 1 atom stereocenters. The van der Waals surface area contributed by atoms with Crippen molar-refractivity contribution in [3.05, 3.63) is 46.8 Å². The molecule has 124 valence electrons. The standard InChI is InChI=1S/C17H18N4O2S/c1-10(2)15(20-16(22)14-4-3-7-24-14)17(23)19-12-5-6-13-11(8-12)9-18-21-13/h3-10,15H,1-2H3,(H,18,21)(H,19,23)(H,20,22). The van der Waals surface area contributed by atoms with Crippen LogP contribution in [0.15, 0.2) is 41.9 Å². The van der Waals surface area contributed by atoms with E-state index < -0.39 is 6.04 Å². The largest absolute Gasteiger partial charge is 0.339 e. The van der Waals surface area contributed by atoms with Gasteiger partial charge >= 0.3 is 0 Å². The van der Waals surface area contributed by atoms with Crippen molar-refractivity contribution in [2.75, 3.05) is 5.32 Å². The number of fused-ring (bicyclic) bond motifs is 1. The quantitative estimate of drug-likeness (QED) is 0.666. The lowest BCUT2D eigenvalue weighted by Gasteiger charge is -2.21. The van der Waals surface area contributed by atoms with Crippen LogP contribution in [0.4, 0.5) is 5.69 Å². The predicted octanol–water partition coefficient (Wildman–Crippen LogP) is 3.02. The average Bonchev–Trinajstić information content (AvgIpc) is 3.22. The highest BCUT2D eigenvalue weighted by atomic mass is 32.1. The van der Waals surface area contributed by atoms with Crippen LogP contribution in [0.5, 0.6) is 0 Å². The molecule has 7 heteroatoms. The van der Waals surface area contributed by atoms with Crippen molar-refractivity contribution >= 4 is 39.7 Å². The van der Waals surface area contributed by atoms with E-state index in [0.717, 1.165) is 10.9 Å². The molecule has 3 aromatic rings. The number of rotatable bonds is 5. The van der Waals surface area contributed by atoms with E-state index in [2.05, 4.69) is 20.8 Å². The minimum absolute atomic E-state index is 0.0356. The van der Waals surface area contributed by atoms with E-state index in [0.29, 0.717) is 10.6 Å². The van der Waals surface area contributed by atoms with Crippen LogP contribution in [0.2, 0.25) is 0 Å². The van der Waals surface area contributed by atoms with Crippen LogP contribution < -0.4 is 10.6 Å². The number of hydrogen-bond donors (Lipinski definition) is 3. The summed E-state index contributed by atoms with van der Waals surface area (Å²) in [6.45, 7) is 3.80. The van der Waals surface area contributed by atoms with E-state index in [1.54, 1.807) is 18.3 Å². The molecule has 24 heavy (non-hydrogen) atoms. The lowest BCUT2D eigenvalue weighted by molar-refractivity contribution is -0.118. The summed E-state index contributed by atoms with van der Waals surface area (Å²) in [5.41, 5.74) is 1.57. The Bertz CT molecular complexity index is 854. The van der Waals surface area contributed by atoms with E-state index in [1.165, 1.54) is 11.3 Å². The van der Waals surface area contributed by atoms with Crippen molar-refractivity contribution in [1.82, 2.24) is 15.5 Å². The number of amides is 2. The van der Waals surface area contributed by atoms with Crippen LogP contribution in [-0.4, -0.2) is 28.1 Å². The smallest absolute Gasteiger partial charge is 0.262 e. The molecule has 0 aliphatic carbocycles. The molecule has 0 radical (unpaired) electrons. The van der Waals surface area contributed by atoms with Gasteiger partial charge in [0.2, 0.25) is 5.91 Å². The maximum Gasteiger partial charge on any atom is 0.262 e.